The van der Waals surface area contributed by atoms with E-state index in [1.54, 1.807) is 6.07 Å². The molecule has 2 aliphatic heterocycles. The Morgan fingerprint density at radius 3 is 2.43 bits per heavy atom. The van der Waals surface area contributed by atoms with Crippen LogP contribution in [0.3, 0.4) is 0 Å². The molecule has 1 fully saturated rings. The predicted octanol–water partition coefficient (Wildman–Crippen LogP) is 4.23. The summed E-state index contributed by atoms with van der Waals surface area (Å²) in [6, 6.07) is 6.93. The van der Waals surface area contributed by atoms with Crippen molar-refractivity contribution in [1.82, 2.24) is 5.01 Å². The molecule has 1 saturated heterocycles. The maximum absolute atomic E-state index is 13.0. The van der Waals surface area contributed by atoms with E-state index in [4.69, 9.17) is 46.4 Å². The van der Waals surface area contributed by atoms with Crippen molar-refractivity contribution in [3.05, 3.63) is 56.5 Å². The summed E-state index contributed by atoms with van der Waals surface area (Å²) in [5, 5.41) is 12.6. The van der Waals surface area contributed by atoms with Gasteiger partial charge in [0.2, 0.25) is 5.91 Å². The van der Waals surface area contributed by atoms with Crippen LogP contribution in [0.2, 0.25) is 20.1 Å². The van der Waals surface area contributed by atoms with Gasteiger partial charge >= 0.3 is 0 Å². The van der Waals surface area contributed by atoms with Gasteiger partial charge in [-0.3, -0.25) is 19.4 Å². The van der Waals surface area contributed by atoms with Gasteiger partial charge in [0.15, 0.2) is 12.1 Å². The van der Waals surface area contributed by atoms with Gasteiger partial charge in [-0.15, -0.1) is 0 Å². The molecule has 2 aliphatic rings. The van der Waals surface area contributed by atoms with Gasteiger partial charge in [0.25, 0.3) is 11.8 Å². The number of benzene rings is 2. The number of fused-ring (bicyclic) bond motifs is 1. The number of hydrogen-bond acceptors (Lipinski definition) is 6. The first-order valence-electron chi connectivity index (χ1n) is 8.51. The number of imide groups is 1. The molecule has 2 aromatic rings. The number of halogens is 4. The van der Waals surface area contributed by atoms with Crippen LogP contribution >= 0.6 is 46.4 Å². The molecule has 12 heteroatoms. The molecular weight excluding hydrogens is 476 g/mol. The van der Waals surface area contributed by atoms with Crippen LogP contribution in [-0.2, 0) is 14.4 Å². The zero-order valence-electron chi connectivity index (χ0n) is 14.9. The summed E-state index contributed by atoms with van der Waals surface area (Å²) in [4.78, 5) is 39.0. The highest BCUT2D eigenvalue weighted by Gasteiger charge is 2.55. The molecule has 2 atom stereocenters. The van der Waals surface area contributed by atoms with E-state index in [0.717, 1.165) is 4.90 Å². The van der Waals surface area contributed by atoms with Gasteiger partial charge in [0.1, 0.15) is 6.54 Å². The topological polar surface area (TPSA) is 94.4 Å². The van der Waals surface area contributed by atoms with Gasteiger partial charge in [0, 0.05) is 10.7 Å². The first-order chi connectivity index (χ1) is 14.3. The number of rotatable bonds is 4. The fraction of sp³-hybridized carbons (Fsp3) is 0.167. The van der Waals surface area contributed by atoms with E-state index in [1.807, 2.05) is 0 Å². The molecule has 0 bridgehead atoms. The lowest BCUT2D eigenvalue weighted by Gasteiger charge is -2.20. The minimum atomic E-state index is -1.05. The van der Waals surface area contributed by atoms with Crippen LogP contribution in [-0.4, -0.2) is 41.4 Å². The maximum Gasteiger partial charge on any atom is 0.263 e. The largest absolute Gasteiger partial charge is 0.324 e. The van der Waals surface area contributed by atoms with Gasteiger partial charge in [-0.25, -0.2) is 4.90 Å². The van der Waals surface area contributed by atoms with Crippen molar-refractivity contribution in [3.8, 4) is 0 Å². The standard InChI is InChI=1S/C18H11Cl4N5O3/c19-8-1-4-13(12(22)5-8)27-17(29)15-16(18(27)30)26(25-24-15)7-14(28)23-9-2-3-10(20)11(21)6-9/h1-6,15-16H,7H2,(H,23,28)/t15-,16+/m1/s1. The van der Waals surface area contributed by atoms with E-state index in [9.17, 15) is 14.4 Å². The second-order valence-electron chi connectivity index (χ2n) is 6.48. The Balaban J connectivity index is 1.50. The smallest absolute Gasteiger partial charge is 0.263 e. The normalized spacial score (nSPS) is 20.1. The molecule has 0 spiro atoms. The molecule has 2 aromatic carbocycles. The number of hydrogen-bond donors (Lipinski definition) is 1. The first kappa shape index (κ1) is 20.9. The van der Waals surface area contributed by atoms with E-state index in [2.05, 4.69) is 15.7 Å². The van der Waals surface area contributed by atoms with E-state index < -0.39 is 29.8 Å². The third kappa shape index (κ3) is 3.72. The molecular formula is C18H11Cl4N5O3. The van der Waals surface area contributed by atoms with Crippen LogP contribution in [0.5, 0.6) is 0 Å². The summed E-state index contributed by atoms with van der Waals surface area (Å²) >= 11 is 23.8. The highest BCUT2D eigenvalue weighted by atomic mass is 35.5. The zero-order chi connectivity index (χ0) is 21.6. The van der Waals surface area contributed by atoms with Gasteiger partial charge in [-0.05, 0) is 36.4 Å². The van der Waals surface area contributed by atoms with Crippen molar-refractivity contribution in [3.63, 3.8) is 0 Å². The second-order valence-corrected chi connectivity index (χ2v) is 8.13. The molecule has 30 heavy (non-hydrogen) atoms. The van der Waals surface area contributed by atoms with E-state index >= 15 is 0 Å². The molecule has 3 amide bonds. The Labute approximate surface area is 190 Å². The molecule has 0 aromatic heterocycles. The van der Waals surface area contributed by atoms with Crippen molar-refractivity contribution >= 4 is 75.5 Å². The number of carbonyl (C=O) groups is 3. The van der Waals surface area contributed by atoms with Crippen LogP contribution in [0.25, 0.3) is 0 Å². The van der Waals surface area contributed by atoms with Crippen molar-refractivity contribution in [2.45, 2.75) is 12.1 Å². The van der Waals surface area contributed by atoms with Gasteiger partial charge in [-0.2, -0.15) is 5.11 Å². The molecule has 0 saturated carbocycles. The summed E-state index contributed by atoms with van der Waals surface area (Å²) in [6.07, 6.45) is 0. The molecule has 0 radical (unpaired) electrons. The number of nitrogens with zero attached hydrogens (tertiary/aromatic N) is 4. The fourth-order valence-corrected chi connectivity index (χ4v) is 3.97. The van der Waals surface area contributed by atoms with E-state index in [-0.39, 0.29) is 22.3 Å². The highest BCUT2D eigenvalue weighted by Crippen LogP contribution is 2.36. The Kier molecular flexibility index (Phi) is 5.59. The molecule has 8 nitrogen and oxygen atoms in total. The van der Waals surface area contributed by atoms with Crippen molar-refractivity contribution in [2.75, 3.05) is 16.8 Å². The lowest BCUT2D eigenvalue weighted by atomic mass is 10.1. The Morgan fingerprint density at radius 1 is 0.967 bits per heavy atom. The minimum Gasteiger partial charge on any atom is -0.324 e. The van der Waals surface area contributed by atoms with Gasteiger partial charge in [-0.1, -0.05) is 51.6 Å². The Morgan fingerprint density at radius 2 is 1.73 bits per heavy atom. The summed E-state index contributed by atoms with van der Waals surface area (Å²) < 4.78 is 0. The Bertz CT molecular complexity index is 1110. The highest BCUT2D eigenvalue weighted by molar-refractivity contribution is 6.42. The number of carbonyl (C=O) groups excluding carboxylic acids is 3. The zero-order valence-corrected chi connectivity index (χ0v) is 17.9. The lowest BCUT2D eigenvalue weighted by Crippen LogP contribution is -2.43. The summed E-state index contributed by atoms with van der Waals surface area (Å²) in [5.74, 6) is -1.64. The molecule has 1 N–H and O–H groups in total. The van der Waals surface area contributed by atoms with E-state index in [0.29, 0.717) is 15.7 Å². The molecule has 0 aliphatic carbocycles. The monoisotopic (exact) mass is 485 g/mol. The Hall–Kier alpha value is -2.39. The molecule has 4 rings (SSSR count). The molecule has 154 valence electrons. The number of nitrogens with one attached hydrogen (secondary N) is 1. The van der Waals surface area contributed by atoms with Gasteiger partial charge < -0.3 is 5.32 Å². The summed E-state index contributed by atoms with van der Waals surface area (Å²) in [6.45, 7) is -0.299. The molecule has 2 heterocycles. The van der Waals surface area contributed by atoms with Crippen LogP contribution < -0.4 is 10.2 Å². The predicted molar refractivity (Wildman–Crippen MR) is 113 cm³/mol. The van der Waals surface area contributed by atoms with Crippen molar-refractivity contribution in [1.29, 1.82) is 0 Å². The average Bonchev–Trinajstić information content (AvgIpc) is 3.19. The molecule has 0 unspecified atom stereocenters. The SMILES string of the molecule is O=C(CN1N=N[C@H]2C(=O)N(c3ccc(Cl)cc3Cl)C(=O)[C@H]21)Nc1ccc(Cl)c(Cl)c1. The number of anilines is 2. The fourth-order valence-electron chi connectivity index (χ4n) is 3.18. The van der Waals surface area contributed by atoms with Crippen LogP contribution in [0.15, 0.2) is 46.7 Å². The lowest BCUT2D eigenvalue weighted by molar-refractivity contribution is -0.123. The summed E-state index contributed by atoms with van der Waals surface area (Å²) in [7, 11) is 0. The van der Waals surface area contributed by atoms with E-state index in [1.165, 1.54) is 35.3 Å². The summed E-state index contributed by atoms with van der Waals surface area (Å²) in [5.41, 5.74) is 0.617. The average molecular weight is 487 g/mol. The maximum atomic E-state index is 13.0. The number of amides is 3. The van der Waals surface area contributed by atoms with Gasteiger partial charge in [0.05, 0.1) is 20.8 Å². The van der Waals surface area contributed by atoms with Crippen LogP contribution in [0.4, 0.5) is 11.4 Å². The quantitative estimate of drug-likeness (QED) is 0.654. The van der Waals surface area contributed by atoms with Crippen LogP contribution in [0, 0.1) is 0 Å². The van der Waals surface area contributed by atoms with Crippen LogP contribution in [0.1, 0.15) is 0 Å². The third-order valence-electron chi connectivity index (χ3n) is 4.52. The van der Waals surface area contributed by atoms with Crippen molar-refractivity contribution < 1.29 is 14.4 Å². The third-order valence-corrected chi connectivity index (χ3v) is 5.79. The second kappa shape index (κ2) is 8.03. The first-order valence-corrected chi connectivity index (χ1v) is 10.0. The van der Waals surface area contributed by atoms with Crippen molar-refractivity contribution in [2.24, 2.45) is 10.3 Å². The minimum absolute atomic E-state index is 0.144.